The Hall–Kier alpha value is -1.32. The molecule has 0 amide bonds. The van der Waals surface area contributed by atoms with Gasteiger partial charge in [-0.05, 0) is 24.2 Å². The van der Waals surface area contributed by atoms with Crippen LogP contribution in [0.3, 0.4) is 0 Å². The van der Waals surface area contributed by atoms with Crippen LogP contribution in [0.1, 0.15) is 64.9 Å². The molecular formula is C16H28N4. The van der Waals surface area contributed by atoms with E-state index >= 15 is 0 Å². The molecule has 0 atom stereocenters. The van der Waals surface area contributed by atoms with Gasteiger partial charge in [-0.1, -0.05) is 40.5 Å². The molecule has 1 aliphatic rings. The molecule has 0 bridgehead atoms. The number of nitrogen functional groups attached to an aromatic ring is 1. The second-order valence-corrected chi connectivity index (χ2v) is 6.35. The van der Waals surface area contributed by atoms with Crippen molar-refractivity contribution in [3.05, 3.63) is 11.9 Å². The van der Waals surface area contributed by atoms with Gasteiger partial charge in [-0.2, -0.15) is 0 Å². The van der Waals surface area contributed by atoms with E-state index in [-0.39, 0.29) is 0 Å². The van der Waals surface area contributed by atoms with Gasteiger partial charge in [-0.25, -0.2) is 9.97 Å². The van der Waals surface area contributed by atoms with Crippen LogP contribution in [0.5, 0.6) is 0 Å². The predicted molar refractivity (Wildman–Crippen MR) is 85.0 cm³/mol. The smallest absolute Gasteiger partial charge is 0.137 e. The largest absolute Gasteiger partial charge is 0.383 e. The van der Waals surface area contributed by atoms with E-state index < -0.39 is 0 Å². The molecular weight excluding hydrogens is 248 g/mol. The Kier molecular flexibility index (Phi) is 4.51. The summed E-state index contributed by atoms with van der Waals surface area (Å²) in [6, 6.07) is 0. The Labute approximate surface area is 122 Å². The van der Waals surface area contributed by atoms with E-state index in [1.807, 2.05) is 0 Å². The van der Waals surface area contributed by atoms with Gasteiger partial charge in [-0.15, -0.1) is 0 Å². The van der Waals surface area contributed by atoms with Crippen molar-refractivity contribution in [2.24, 2.45) is 5.41 Å². The fraction of sp³-hybridized carbons (Fsp3) is 0.750. The molecule has 0 radical (unpaired) electrons. The Morgan fingerprint density at radius 3 is 2.30 bits per heavy atom. The van der Waals surface area contributed by atoms with Gasteiger partial charge in [0.25, 0.3) is 0 Å². The van der Waals surface area contributed by atoms with Gasteiger partial charge in [-0.3, -0.25) is 0 Å². The van der Waals surface area contributed by atoms with Gasteiger partial charge >= 0.3 is 0 Å². The Bertz CT molecular complexity index is 442. The summed E-state index contributed by atoms with van der Waals surface area (Å²) in [5.74, 6) is 2.04. The van der Waals surface area contributed by atoms with Gasteiger partial charge in [0.1, 0.15) is 18.0 Å². The van der Waals surface area contributed by atoms with Gasteiger partial charge in [0.15, 0.2) is 0 Å². The van der Waals surface area contributed by atoms with Crippen molar-refractivity contribution >= 4 is 11.6 Å². The number of piperidine rings is 1. The van der Waals surface area contributed by atoms with Crippen molar-refractivity contribution in [1.82, 2.24) is 9.97 Å². The predicted octanol–water partition coefficient (Wildman–Crippen LogP) is 3.59. The van der Waals surface area contributed by atoms with Gasteiger partial charge in [0.2, 0.25) is 0 Å². The van der Waals surface area contributed by atoms with E-state index in [4.69, 9.17) is 5.73 Å². The lowest BCUT2D eigenvalue weighted by molar-refractivity contribution is 0.199. The van der Waals surface area contributed by atoms with E-state index in [9.17, 15) is 0 Å². The highest BCUT2D eigenvalue weighted by Gasteiger charge is 2.32. The van der Waals surface area contributed by atoms with E-state index in [0.29, 0.717) is 17.2 Å². The van der Waals surface area contributed by atoms with E-state index in [1.54, 1.807) is 6.33 Å². The SMILES string of the molecule is CCC1(CC)CCN(c2ncnc(N)c2C(C)C)CC1. The molecule has 20 heavy (non-hydrogen) atoms. The van der Waals surface area contributed by atoms with Crippen LogP contribution < -0.4 is 10.6 Å². The summed E-state index contributed by atoms with van der Waals surface area (Å²) in [5, 5.41) is 0. The van der Waals surface area contributed by atoms with Crippen LogP contribution in [0.2, 0.25) is 0 Å². The molecule has 0 aliphatic carbocycles. The highest BCUT2D eigenvalue weighted by molar-refractivity contribution is 5.58. The summed E-state index contributed by atoms with van der Waals surface area (Å²) in [6.45, 7) is 11.1. The van der Waals surface area contributed by atoms with Crippen molar-refractivity contribution in [1.29, 1.82) is 0 Å². The van der Waals surface area contributed by atoms with Crippen molar-refractivity contribution in [3.63, 3.8) is 0 Å². The first-order chi connectivity index (χ1) is 9.53. The molecule has 4 heteroatoms. The van der Waals surface area contributed by atoms with E-state index in [0.717, 1.165) is 24.5 Å². The molecule has 2 N–H and O–H groups in total. The first-order valence-corrected chi connectivity index (χ1v) is 7.88. The fourth-order valence-corrected chi connectivity index (χ4v) is 3.36. The summed E-state index contributed by atoms with van der Waals surface area (Å²) < 4.78 is 0. The molecule has 0 spiro atoms. The highest BCUT2D eigenvalue weighted by atomic mass is 15.2. The third-order valence-corrected chi connectivity index (χ3v) is 5.09. The average molecular weight is 276 g/mol. The van der Waals surface area contributed by atoms with Crippen molar-refractivity contribution in [2.45, 2.75) is 59.3 Å². The number of hydrogen-bond donors (Lipinski definition) is 1. The molecule has 0 aromatic carbocycles. The number of nitrogens with zero attached hydrogens (tertiary/aromatic N) is 3. The third kappa shape index (κ3) is 2.74. The minimum Gasteiger partial charge on any atom is -0.383 e. The third-order valence-electron chi connectivity index (χ3n) is 5.09. The van der Waals surface area contributed by atoms with Crippen molar-refractivity contribution < 1.29 is 0 Å². The summed E-state index contributed by atoms with van der Waals surface area (Å²) in [7, 11) is 0. The van der Waals surface area contributed by atoms with Crippen LogP contribution in [0, 0.1) is 5.41 Å². The molecule has 1 aliphatic heterocycles. The topological polar surface area (TPSA) is 55.0 Å². The second kappa shape index (κ2) is 5.98. The second-order valence-electron chi connectivity index (χ2n) is 6.35. The van der Waals surface area contributed by atoms with E-state index in [2.05, 4.69) is 42.6 Å². The van der Waals surface area contributed by atoms with Crippen LogP contribution >= 0.6 is 0 Å². The minimum atomic E-state index is 0.357. The van der Waals surface area contributed by atoms with E-state index in [1.165, 1.54) is 25.7 Å². The zero-order chi connectivity index (χ0) is 14.8. The Morgan fingerprint density at radius 2 is 1.80 bits per heavy atom. The molecule has 1 saturated heterocycles. The van der Waals surface area contributed by atoms with Crippen LogP contribution in [0.15, 0.2) is 6.33 Å². The lowest BCUT2D eigenvalue weighted by Gasteiger charge is -2.42. The molecule has 1 aromatic rings. The summed E-state index contributed by atoms with van der Waals surface area (Å²) >= 11 is 0. The first-order valence-electron chi connectivity index (χ1n) is 7.88. The van der Waals surface area contributed by atoms with Crippen LogP contribution in [-0.2, 0) is 0 Å². The van der Waals surface area contributed by atoms with Crippen LogP contribution in [0.25, 0.3) is 0 Å². The molecule has 1 fully saturated rings. The molecule has 4 nitrogen and oxygen atoms in total. The van der Waals surface area contributed by atoms with Gasteiger partial charge in [0.05, 0.1) is 0 Å². The maximum absolute atomic E-state index is 6.06. The standard InChI is InChI=1S/C16H28N4/c1-5-16(6-2)7-9-20(10-8-16)15-13(12(3)4)14(17)18-11-19-15/h11-12H,5-10H2,1-4H3,(H2,17,18,19). The molecule has 1 aromatic heterocycles. The summed E-state index contributed by atoms with van der Waals surface area (Å²) in [5.41, 5.74) is 7.70. The van der Waals surface area contributed by atoms with Gasteiger partial charge < -0.3 is 10.6 Å². The molecule has 2 rings (SSSR count). The fourth-order valence-electron chi connectivity index (χ4n) is 3.36. The maximum atomic E-state index is 6.06. The number of nitrogens with two attached hydrogens (primary N) is 1. The quantitative estimate of drug-likeness (QED) is 0.913. The molecule has 112 valence electrons. The monoisotopic (exact) mass is 276 g/mol. The summed E-state index contributed by atoms with van der Waals surface area (Å²) in [4.78, 5) is 11.1. The Balaban J connectivity index is 2.21. The lowest BCUT2D eigenvalue weighted by Crippen LogP contribution is -2.40. The first kappa shape index (κ1) is 15.1. The molecule has 0 unspecified atom stereocenters. The maximum Gasteiger partial charge on any atom is 0.137 e. The summed E-state index contributed by atoms with van der Waals surface area (Å²) in [6.07, 6.45) is 6.65. The lowest BCUT2D eigenvalue weighted by atomic mass is 9.74. The number of aromatic nitrogens is 2. The van der Waals surface area contributed by atoms with Crippen LogP contribution in [0.4, 0.5) is 11.6 Å². The average Bonchev–Trinajstić information content (AvgIpc) is 2.46. The highest BCUT2D eigenvalue weighted by Crippen LogP contribution is 2.40. The zero-order valence-corrected chi connectivity index (χ0v) is 13.3. The van der Waals surface area contributed by atoms with Crippen LogP contribution in [-0.4, -0.2) is 23.1 Å². The zero-order valence-electron chi connectivity index (χ0n) is 13.3. The minimum absolute atomic E-state index is 0.357. The Morgan fingerprint density at radius 1 is 1.20 bits per heavy atom. The normalized spacial score (nSPS) is 18.6. The van der Waals surface area contributed by atoms with Crippen molar-refractivity contribution in [3.8, 4) is 0 Å². The number of hydrogen-bond acceptors (Lipinski definition) is 4. The van der Waals surface area contributed by atoms with Crippen molar-refractivity contribution in [2.75, 3.05) is 23.7 Å². The molecule has 0 saturated carbocycles. The molecule has 2 heterocycles. The number of rotatable bonds is 4. The number of anilines is 2. The van der Waals surface area contributed by atoms with Gasteiger partial charge in [0, 0.05) is 18.7 Å².